The number of hydrogen-bond donors (Lipinski definition) is 1. The van der Waals surface area contributed by atoms with Crippen LogP contribution in [0.15, 0.2) is 18.2 Å². The summed E-state index contributed by atoms with van der Waals surface area (Å²) in [4.78, 5) is 0. The zero-order chi connectivity index (χ0) is 14.5. The van der Waals surface area contributed by atoms with Gasteiger partial charge in [-0.1, -0.05) is 19.9 Å². The lowest BCUT2D eigenvalue weighted by atomic mass is 10.1. The maximum absolute atomic E-state index is 12.1. The Labute approximate surface area is 123 Å². The summed E-state index contributed by atoms with van der Waals surface area (Å²) in [6, 6.07) is 5.98. The molecule has 1 aliphatic heterocycles. The molecule has 0 saturated heterocycles. The third-order valence-electron chi connectivity index (χ3n) is 3.42. The largest absolute Gasteiger partial charge is 0.454 e. The van der Waals surface area contributed by atoms with Crippen LogP contribution in [0.4, 0.5) is 0 Å². The first-order valence-electron chi connectivity index (χ1n) is 7.02. The Morgan fingerprint density at radius 2 is 2.05 bits per heavy atom. The van der Waals surface area contributed by atoms with Crippen molar-refractivity contribution in [3.63, 3.8) is 0 Å². The zero-order valence-electron chi connectivity index (χ0n) is 12.3. The van der Waals surface area contributed by atoms with E-state index in [1.54, 1.807) is 0 Å². The lowest BCUT2D eigenvalue weighted by molar-refractivity contribution is 0.174. The molecule has 0 bridgehead atoms. The van der Waals surface area contributed by atoms with E-state index in [1.807, 2.05) is 25.2 Å². The van der Waals surface area contributed by atoms with Crippen molar-refractivity contribution in [2.24, 2.45) is 5.92 Å². The number of ether oxygens (including phenoxy) is 2. The number of rotatable bonds is 7. The van der Waals surface area contributed by atoms with Gasteiger partial charge >= 0.3 is 0 Å². The van der Waals surface area contributed by atoms with Crippen LogP contribution in [0.1, 0.15) is 31.9 Å². The molecule has 2 rings (SSSR count). The molecule has 0 amide bonds. The Morgan fingerprint density at radius 3 is 2.75 bits per heavy atom. The normalized spacial score (nSPS) is 16.4. The lowest BCUT2D eigenvalue weighted by Crippen LogP contribution is -2.23. The summed E-state index contributed by atoms with van der Waals surface area (Å²) in [5.41, 5.74) is 1.09. The second-order valence-corrected chi connectivity index (χ2v) is 7.07. The summed E-state index contributed by atoms with van der Waals surface area (Å²) in [6.45, 7) is 4.60. The molecule has 2 atom stereocenters. The number of nitrogens with one attached hydrogen (secondary N) is 1. The predicted molar refractivity (Wildman–Crippen MR) is 81.7 cm³/mol. The summed E-state index contributed by atoms with van der Waals surface area (Å²) < 4.78 is 22.8. The molecule has 4 nitrogen and oxygen atoms in total. The van der Waals surface area contributed by atoms with Crippen LogP contribution in [0, 0.1) is 5.92 Å². The van der Waals surface area contributed by atoms with Gasteiger partial charge in [-0.25, -0.2) is 0 Å². The Bertz CT molecular complexity index is 476. The van der Waals surface area contributed by atoms with Crippen molar-refractivity contribution in [3.05, 3.63) is 23.8 Å². The smallest absolute Gasteiger partial charge is 0.231 e. The Hall–Kier alpha value is -1.07. The maximum Gasteiger partial charge on any atom is 0.231 e. The molecule has 112 valence electrons. The number of hydrogen-bond acceptors (Lipinski definition) is 4. The molecule has 0 aliphatic carbocycles. The van der Waals surface area contributed by atoms with E-state index < -0.39 is 10.8 Å². The van der Waals surface area contributed by atoms with Crippen LogP contribution in [0.25, 0.3) is 0 Å². The monoisotopic (exact) mass is 297 g/mol. The molecule has 5 heteroatoms. The van der Waals surface area contributed by atoms with Crippen molar-refractivity contribution >= 4 is 10.8 Å². The SMILES string of the molecule is CNC(CS(=O)CCC(C)C)c1ccc2c(c1)OCO2. The summed E-state index contributed by atoms with van der Waals surface area (Å²) in [7, 11) is 1.09. The Morgan fingerprint density at radius 1 is 1.30 bits per heavy atom. The summed E-state index contributed by atoms with van der Waals surface area (Å²) in [5, 5.41) is 3.24. The molecule has 1 N–H and O–H groups in total. The van der Waals surface area contributed by atoms with Crippen LogP contribution >= 0.6 is 0 Å². The summed E-state index contributed by atoms with van der Waals surface area (Å²) >= 11 is 0. The van der Waals surface area contributed by atoms with Crippen molar-refractivity contribution < 1.29 is 13.7 Å². The molecule has 1 heterocycles. The van der Waals surface area contributed by atoms with Gasteiger partial charge in [-0.3, -0.25) is 4.21 Å². The number of benzene rings is 1. The van der Waals surface area contributed by atoms with Crippen molar-refractivity contribution in [3.8, 4) is 11.5 Å². The van der Waals surface area contributed by atoms with Crippen LogP contribution in [0.3, 0.4) is 0 Å². The molecule has 0 saturated carbocycles. The predicted octanol–water partition coefficient (Wildman–Crippen LogP) is 2.47. The van der Waals surface area contributed by atoms with Gasteiger partial charge in [0.2, 0.25) is 6.79 Å². The van der Waals surface area contributed by atoms with Gasteiger partial charge in [0.15, 0.2) is 11.5 Å². The van der Waals surface area contributed by atoms with Gasteiger partial charge < -0.3 is 14.8 Å². The fraction of sp³-hybridized carbons (Fsp3) is 0.600. The third-order valence-corrected chi connectivity index (χ3v) is 4.82. The molecular weight excluding hydrogens is 274 g/mol. The highest BCUT2D eigenvalue weighted by Gasteiger charge is 2.18. The van der Waals surface area contributed by atoms with Gasteiger partial charge in [-0.15, -0.1) is 0 Å². The zero-order valence-corrected chi connectivity index (χ0v) is 13.2. The first-order valence-corrected chi connectivity index (χ1v) is 8.50. The second kappa shape index (κ2) is 7.09. The van der Waals surface area contributed by atoms with Crippen LogP contribution in [0.2, 0.25) is 0 Å². The second-order valence-electron chi connectivity index (χ2n) is 5.45. The molecule has 20 heavy (non-hydrogen) atoms. The first kappa shape index (κ1) is 15.3. The van der Waals surface area contributed by atoms with E-state index in [2.05, 4.69) is 19.2 Å². The van der Waals surface area contributed by atoms with E-state index in [0.29, 0.717) is 11.7 Å². The molecule has 1 aromatic rings. The molecule has 0 radical (unpaired) electrons. The minimum atomic E-state index is -0.804. The highest BCUT2D eigenvalue weighted by atomic mass is 32.2. The average Bonchev–Trinajstić information content (AvgIpc) is 2.89. The fourth-order valence-corrected chi connectivity index (χ4v) is 3.74. The topological polar surface area (TPSA) is 47.6 Å². The highest BCUT2D eigenvalue weighted by Crippen LogP contribution is 2.34. The van der Waals surface area contributed by atoms with E-state index in [9.17, 15) is 4.21 Å². The van der Waals surface area contributed by atoms with Crippen LogP contribution in [0.5, 0.6) is 11.5 Å². The Kier molecular flexibility index (Phi) is 5.43. The summed E-state index contributed by atoms with van der Waals surface area (Å²) in [6.07, 6.45) is 1.00. The van der Waals surface area contributed by atoms with E-state index in [0.717, 1.165) is 29.2 Å². The highest BCUT2D eigenvalue weighted by molar-refractivity contribution is 7.85. The standard InChI is InChI=1S/C15H23NO3S/c1-11(2)6-7-20(17)9-13(16-3)12-4-5-14-15(8-12)19-10-18-14/h4-5,8,11,13,16H,6-7,9-10H2,1-3H3. The molecular formula is C15H23NO3S. The van der Waals surface area contributed by atoms with Crippen LogP contribution in [-0.4, -0.2) is 29.6 Å². The average molecular weight is 297 g/mol. The molecule has 2 unspecified atom stereocenters. The van der Waals surface area contributed by atoms with Gasteiger partial charge in [-0.2, -0.15) is 0 Å². The summed E-state index contributed by atoms with van der Waals surface area (Å²) in [5.74, 6) is 3.54. The van der Waals surface area contributed by atoms with Gasteiger partial charge in [0.1, 0.15) is 0 Å². The molecule has 0 spiro atoms. The Balaban J connectivity index is 1.99. The van der Waals surface area contributed by atoms with Crippen molar-refractivity contribution in [1.29, 1.82) is 0 Å². The van der Waals surface area contributed by atoms with E-state index in [-0.39, 0.29) is 12.8 Å². The minimum Gasteiger partial charge on any atom is -0.454 e. The first-order chi connectivity index (χ1) is 9.60. The van der Waals surface area contributed by atoms with Crippen molar-refractivity contribution in [2.75, 3.05) is 25.3 Å². The van der Waals surface area contributed by atoms with E-state index >= 15 is 0 Å². The molecule has 1 aliphatic rings. The van der Waals surface area contributed by atoms with E-state index in [1.165, 1.54) is 0 Å². The maximum atomic E-state index is 12.1. The molecule has 0 fully saturated rings. The third kappa shape index (κ3) is 3.96. The molecule has 1 aromatic carbocycles. The quantitative estimate of drug-likeness (QED) is 0.840. The van der Waals surface area contributed by atoms with Crippen molar-refractivity contribution in [1.82, 2.24) is 5.32 Å². The van der Waals surface area contributed by atoms with Gasteiger partial charge in [0.05, 0.1) is 0 Å². The van der Waals surface area contributed by atoms with Crippen LogP contribution in [-0.2, 0) is 10.8 Å². The molecule has 0 aromatic heterocycles. The van der Waals surface area contributed by atoms with Crippen LogP contribution < -0.4 is 14.8 Å². The van der Waals surface area contributed by atoms with Gasteiger partial charge in [-0.05, 0) is 37.1 Å². The van der Waals surface area contributed by atoms with Gasteiger partial charge in [0.25, 0.3) is 0 Å². The minimum absolute atomic E-state index is 0.0810. The van der Waals surface area contributed by atoms with Gasteiger partial charge in [0, 0.05) is 28.3 Å². The lowest BCUT2D eigenvalue weighted by Gasteiger charge is -2.17. The van der Waals surface area contributed by atoms with E-state index in [4.69, 9.17) is 9.47 Å². The fourth-order valence-electron chi connectivity index (χ4n) is 2.11. The number of fused-ring (bicyclic) bond motifs is 1. The van der Waals surface area contributed by atoms with Crippen molar-refractivity contribution in [2.45, 2.75) is 26.3 Å².